The minimum atomic E-state index is -0.379. The third kappa shape index (κ3) is 2.72. The largest absolute Gasteiger partial charge is 0.378 e. The van der Waals surface area contributed by atoms with E-state index < -0.39 is 0 Å². The van der Waals surface area contributed by atoms with Crippen LogP contribution in [0.25, 0.3) is 0 Å². The first-order chi connectivity index (χ1) is 10.7. The summed E-state index contributed by atoms with van der Waals surface area (Å²) in [7, 11) is 0. The van der Waals surface area contributed by atoms with Crippen molar-refractivity contribution in [2.45, 2.75) is 6.04 Å². The Morgan fingerprint density at radius 3 is 2.55 bits per heavy atom. The van der Waals surface area contributed by atoms with Crippen LogP contribution in [0.15, 0.2) is 24.3 Å². The van der Waals surface area contributed by atoms with Gasteiger partial charge in [-0.25, -0.2) is 0 Å². The number of carbonyl (C=O) groups excluding carboxylic acids is 3. The number of carbonyl (C=O) groups is 3. The van der Waals surface area contributed by atoms with Gasteiger partial charge in [-0.15, -0.1) is 0 Å². The second-order valence-electron chi connectivity index (χ2n) is 5.18. The molecule has 7 heteroatoms. The second-order valence-corrected chi connectivity index (χ2v) is 5.18. The lowest BCUT2D eigenvalue weighted by atomic mass is 10.1. The van der Waals surface area contributed by atoms with Crippen LogP contribution in [-0.2, 0) is 9.53 Å². The van der Waals surface area contributed by atoms with Crippen molar-refractivity contribution in [3.63, 3.8) is 0 Å². The van der Waals surface area contributed by atoms with Crippen molar-refractivity contribution in [2.24, 2.45) is 0 Å². The van der Waals surface area contributed by atoms with Crippen LogP contribution in [0.4, 0.5) is 0 Å². The molecule has 2 heterocycles. The summed E-state index contributed by atoms with van der Waals surface area (Å²) in [5, 5.41) is 5.76. The lowest BCUT2D eigenvalue weighted by Gasteiger charge is -2.23. The van der Waals surface area contributed by atoms with Gasteiger partial charge in [-0.1, -0.05) is 12.1 Å². The maximum atomic E-state index is 12.1. The van der Waals surface area contributed by atoms with Gasteiger partial charge in [-0.2, -0.15) is 0 Å². The lowest BCUT2D eigenvalue weighted by Crippen LogP contribution is -2.52. The van der Waals surface area contributed by atoms with Gasteiger partial charge < -0.3 is 15.4 Å². The Balaban J connectivity index is 1.53. The van der Waals surface area contributed by atoms with Gasteiger partial charge in [-0.05, 0) is 12.1 Å². The van der Waals surface area contributed by atoms with Gasteiger partial charge >= 0.3 is 0 Å². The minimum Gasteiger partial charge on any atom is -0.378 e. The molecule has 3 amide bonds. The molecule has 0 radical (unpaired) electrons. The number of fused-ring (bicyclic) bond motifs is 1. The van der Waals surface area contributed by atoms with E-state index in [4.69, 9.17) is 4.74 Å². The zero-order valence-electron chi connectivity index (χ0n) is 12.0. The van der Waals surface area contributed by atoms with Crippen molar-refractivity contribution < 1.29 is 19.1 Å². The zero-order valence-corrected chi connectivity index (χ0v) is 12.0. The molecule has 116 valence electrons. The van der Waals surface area contributed by atoms with E-state index in [9.17, 15) is 14.4 Å². The summed E-state index contributed by atoms with van der Waals surface area (Å²) in [6.45, 7) is 1.95. The van der Waals surface area contributed by atoms with Crippen molar-refractivity contribution in [3.8, 4) is 0 Å². The maximum Gasteiger partial charge on any atom is 0.261 e. The fraction of sp³-hybridized carbons (Fsp3) is 0.400. The number of morpholine rings is 1. The average molecular weight is 303 g/mol. The first-order valence-corrected chi connectivity index (χ1v) is 7.22. The Hall–Kier alpha value is -2.25. The lowest BCUT2D eigenvalue weighted by molar-refractivity contribution is -0.125. The average Bonchev–Trinajstić information content (AvgIpc) is 2.81. The van der Waals surface area contributed by atoms with Crippen LogP contribution in [0.3, 0.4) is 0 Å². The SMILES string of the molecule is O=C(NCCN1C(=O)c2ccccc2C1=O)C1COCCN1. The van der Waals surface area contributed by atoms with Gasteiger partial charge in [0.15, 0.2) is 0 Å². The maximum absolute atomic E-state index is 12.1. The first-order valence-electron chi connectivity index (χ1n) is 7.22. The van der Waals surface area contributed by atoms with E-state index in [1.807, 2.05) is 0 Å². The predicted molar refractivity (Wildman–Crippen MR) is 77.4 cm³/mol. The summed E-state index contributed by atoms with van der Waals surface area (Å²) in [6.07, 6.45) is 0. The molecule has 3 rings (SSSR count). The molecule has 2 aliphatic heterocycles. The number of hydrogen-bond donors (Lipinski definition) is 2. The van der Waals surface area contributed by atoms with E-state index in [0.717, 1.165) is 4.90 Å². The standard InChI is InChI=1S/C15H17N3O4/c19-13(12-9-22-8-6-16-12)17-5-7-18-14(20)10-3-1-2-4-11(10)15(18)21/h1-4,12,16H,5-9H2,(H,17,19). The molecule has 0 saturated carbocycles. The Morgan fingerprint density at radius 2 is 1.95 bits per heavy atom. The van der Waals surface area contributed by atoms with Gasteiger partial charge in [0, 0.05) is 19.6 Å². The Labute approximate surface area is 127 Å². The fourth-order valence-electron chi connectivity index (χ4n) is 2.59. The fourth-order valence-corrected chi connectivity index (χ4v) is 2.59. The van der Waals surface area contributed by atoms with Gasteiger partial charge in [0.1, 0.15) is 6.04 Å². The van der Waals surface area contributed by atoms with Crippen LogP contribution < -0.4 is 10.6 Å². The summed E-state index contributed by atoms with van der Waals surface area (Å²) >= 11 is 0. The van der Waals surface area contributed by atoms with Gasteiger partial charge in [0.25, 0.3) is 11.8 Å². The van der Waals surface area contributed by atoms with E-state index >= 15 is 0 Å². The van der Waals surface area contributed by atoms with Crippen LogP contribution in [0.5, 0.6) is 0 Å². The zero-order chi connectivity index (χ0) is 15.5. The molecule has 7 nitrogen and oxygen atoms in total. The second kappa shape index (κ2) is 6.25. The summed E-state index contributed by atoms with van der Waals surface area (Å²) in [5.74, 6) is -0.806. The Kier molecular flexibility index (Phi) is 4.17. The molecule has 1 fully saturated rings. The first kappa shape index (κ1) is 14.7. The van der Waals surface area contributed by atoms with Crippen LogP contribution in [0.2, 0.25) is 0 Å². The van der Waals surface area contributed by atoms with Crippen LogP contribution in [0, 0.1) is 0 Å². The number of benzene rings is 1. The Bertz CT molecular complexity index is 576. The van der Waals surface area contributed by atoms with Gasteiger partial charge in [-0.3, -0.25) is 19.3 Å². The van der Waals surface area contributed by atoms with Crippen molar-refractivity contribution in [1.82, 2.24) is 15.5 Å². The summed E-state index contributed by atoms with van der Waals surface area (Å²) in [4.78, 5) is 37.4. The van der Waals surface area contributed by atoms with E-state index in [1.54, 1.807) is 24.3 Å². The summed E-state index contributed by atoms with van der Waals surface area (Å²) in [6, 6.07) is 6.35. The monoisotopic (exact) mass is 303 g/mol. The molecule has 1 aromatic carbocycles. The van der Waals surface area contributed by atoms with E-state index in [0.29, 0.717) is 30.9 Å². The van der Waals surface area contributed by atoms with Gasteiger partial charge in [0.05, 0.1) is 24.3 Å². The molecular formula is C15H17N3O4. The normalized spacial score (nSPS) is 20.9. The molecule has 0 spiro atoms. The molecule has 1 aromatic rings. The van der Waals surface area contributed by atoms with E-state index in [2.05, 4.69) is 10.6 Å². The van der Waals surface area contributed by atoms with Crippen molar-refractivity contribution >= 4 is 17.7 Å². The molecular weight excluding hydrogens is 286 g/mol. The topological polar surface area (TPSA) is 87.7 Å². The molecule has 0 aromatic heterocycles. The number of hydrogen-bond acceptors (Lipinski definition) is 5. The van der Waals surface area contributed by atoms with Crippen LogP contribution in [-0.4, -0.2) is 61.5 Å². The third-order valence-electron chi connectivity index (χ3n) is 3.75. The summed E-state index contributed by atoms with van der Waals surface area (Å²) < 4.78 is 5.22. The molecule has 1 saturated heterocycles. The molecule has 2 N–H and O–H groups in total. The highest BCUT2D eigenvalue weighted by atomic mass is 16.5. The van der Waals surface area contributed by atoms with E-state index in [1.165, 1.54) is 0 Å². The molecule has 0 bridgehead atoms. The summed E-state index contributed by atoms with van der Waals surface area (Å²) in [5.41, 5.74) is 0.836. The predicted octanol–water partition coefficient (Wildman–Crippen LogP) is -0.613. The minimum absolute atomic E-state index is 0.158. The van der Waals surface area contributed by atoms with Crippen molar-refractivity contribution in [1.29, 1.82) is 0 Å². The number of rotatable bonds is 4. The molecule has 1 unspecified atom stereocenters. The number of nitrogens with zero attached hydrogens (tertiary/aromatic N) is 1. The molecule has 2 aliphatic rings. The highest BCUT2D eigenvalue weighted by Gasteiger charge is 2.34. The number of nitrogens with one attached hydrogen (secondary N) is 2. The number of imide groups is 1. The molecule has 1 atom stereocenters. The van der Waals surface area contributed by atoms with Gasteiger partial charge in [0.2, 0.25) is 5.91 Å². The highest BCUT2D eigenvalue weighted by molar-refractivity contribution is 6.21. The van der Waals surface area contributed by atoms with E-state index in [-0.39, 0.29) is 36.9 Å². The smallest absolute Gasteiger partial charge is 0.261 e. The number of ether oxygens (including phenoxy) is 1. The third-order valence-corrected chi connectivity index (χ3v) is 3.75. The van der Waals surface area contributed by atoms with Crippen molar-refractivity contribution in [3.05, 3.63) is 35.4 Å². The number of amides is 3. The Morgan fingerprint density at radius 1 is 1.27 bits per heavy atom. The quantitative estimate of drug-likeness (QED) is 0.724. The van der Waals surface area contributed by atoms with Crippen LogP contribution >= 0.6 is 0 Å². The molecule has 22 heavy (non-hydrogen) atoms. The highest BCUT2D eigenvalue weighted by Crippen LogP contribution is 2.21. The van der Waals surface area contributed by atoms with Crippen LogP contribution in [0.1, 0.15) is 20.7 Å². The van der Waals surface area contributed by atoms with Crippen molar-refractivity contribution in [2.75, 3.05) is 32.8 Å². The molecule has 0 aliphatic carbocycles.